The van der Waals surface area contributed by atoms with Crippen molar-refractivity contribution < 1.29 is 21.4 Å². The van der Waals surface area contributed by atoms with E-state index >= 15 is 0 Å². The molecular formula is C7H8N2O5S3. The second-order valence-electron chi connectivity index (χ2n) is 2.66. The van der Waals surface area contributed by atoms with Crippen molar-refractivity contribution in [1.29, 1.82) is 0 Å². The summed E-state index contributed by atoms with van der Waals surface area (Å²) in [5, 5.41) is -0.255. The van der Waals surface area contributed by atoms with E-state index in [4.69, 9.17) is 4.55 Å². The van der Waals surface area contributed by atoms with E-state index < -0.39 is 24.0 Å². The second-order valence-corrected chi connectivity index (χ2v) is 7.54. The molecule has 10 heteroatoms. The quantitative estimate of drug-likeness (QED) is 0.433. The van der Waals surface area contributed by atoms with Crippen LogP contribution in [0.2, 0.25) is 0 Å². The van der Waals surface area contributed by atoms with E-state index in [2.05, 4.69) is 4.98 Å². The first-order chi connectivity index (χ1) is 7.81. The van der Waals surface area contributed by atoms with Gasteiger partial charge in [-0.25, -0.2) is 8.42 Å². The molecule has 0 amide bonds. The lowest BCUT2D eigenvalue weighted by atomic mass is 10.5. The highest BCUT2D eigenvalue weighted by atomic mass is 33.1. The standard InChI is InChI=1S/C5H5N.C2H3NO5S3/c1-2-4-6-5-3-1;4-10(5)1-2(3-9-10)11(6,7)8/h1-5H;1,3H,(H,6,7,8). The number of nitrogens with zero attached hydrogens (tertiary/aromatic N) is 1. The zero-order valence-corrected chi connectivity index (χ0v) is 10.7. The van der Waals surface area contributed by atoms with E-state index in [0.717, 1.165) is 0 Å². The van der Waals surface area contributed by atoms with Gasteiger partial charge in [0, 0.05) is 12.4 Å². The molecule has 94 valence electrons. The van der Waals surface area contributed by atoms with Gasteiger partial charge >= 0.3 is 10.1 Å². The molecule has 0 aliphatic carbocycles. The molecule has 0 aromatic carbocycles. The van der Waals surface area contributed by atoms with Crippen molar-refractivity contribution in [2.45, 2.75) is 0 Å². The van der Waals surface area contributed by atoms with Crippen LogP contribution in [0.4, 0.5) is 0 Å². The lowest BCUT2D eigenvalue weighted by Gasteiger charge is -1.93. The molecule has 2 rings (SSSR count). The van der Waals surface area contributed by atoms with Crippen molar-refractivity contribution in [3.8, 4) is 0 Å². The Balaban J connectivity index is 0.000000202. The van der Waals surface area contributed by atoms with Crippen LogP contribution in [0.15, 0.2) is 41.0 Å². The first-order valence-corrected chi connectivity index (χ1v) is 8.37. The van der Waals surface area contributed by atoms with Crippen LogP contribution in [0.5, 0.6) is 0 Å². The largest absolute Gasteiger partial charge is 0.311 e. The molecule has 0 unspecified atom stereocenters. The molecule has 2 heterocycles. The summed E-state index contributed by atoms with van der Waals surface area (Å²) in [4.78, 5) is 3.78. The van der Waals surface area contributed by atoms with Crippen molar-refractivity contribution in [2.75, 3.05) is 0 Å². The summed E-state index contributed by atoms with van der Waals surface area (Å²) < 4.78 is 51.9. The van der Waals surface area contributed by atoms with E-state index in [0.29, 0.717) is 5.41 Å². The van der Waals surface area contributed by atoms with Crippen LogP contribution < -0.4 is 4.72 Å². The third-order valence-corrected chi connectivity index (χ3v) is 4.70. The maximum Gasteiger partial charge on any atom is 0.311 e. The van der Waals surface area contributed by atoms with Crippen molar-refractivity contribution in [3.63, 3.8) is 0 Å². The van der Waals surface area contributed by atoms with Crippen molar-refractivity contribution in [3.05, 3.63) is 41.0 Å². The smallest absolute Gasteiger partial charge is 0.304 e. The molecule has 0 saturated heterocycles. The van der Waals surface area contributed by atoms with Crippen LogP contribution in [0.1, 0.15) is 0 Å². The number of hydrogen-bond acceptors (Lipinski definition) is 7. The number of hydrogen-bond donors (Lipinski definition) is 2. The summed E-state index contributed by atoms with van der Waals surface area (Å²) in [6.07, 6.45) is 3.50. The van der Waals surface area contributed by atoms with Gasteiger partial charge in [0.05, 0.1) is 16.4 Å². The van der Waals surface area contributed by atoms with Gasteiger partial charge in [-0.05, 0) is 12.1 Å². The van der Waals surface area contributed by atoms with Crippen molar-refractivity contribution >= 4 is 30.0 Å². The summed E-state index contributed by atoms with van der Waals surface area (Å²) in [5.74, 6) is 0. The third kappa shape index (κ3) is 5.17. The Morgan fingerprint density at radius 1 is 1.24 bits per heavy atom. The molecule has 1 aliphatic heterocycles. The summed E-state index contributed by atoms with van der Waals surface area (Å²) in [6.45, 7) is 0. The van der Waals surface area contributed by atoms with Gasteiger partial charge in [0.25, 0.3) is 0 Å². The number of pyridine rings is 1. The van der Waals surface area contributed by atoms with Gasteiger partial charge in [-0.3, -0.25) is 9.54 Å². The average molecular weight is 296 g/mol. The predicted octanol–water partition coefficient (Wildman–Crippen LogP) is 0.336. The zero-order valence-electron chi connectivity index (χ0n) is 8.22. The Kier molecular flexibility index (Phi) is 4.51. The van der Waals surface area contributed by atoms with Crippen LogP contribution in [-0.2, 0) is 19.0 Å². The van der Waals surface area contributed by atoms with Gasteiger partial charge in [0.2, 0.25) is 8.87 Å². The first kappa shape index (κ1) is 14.0. The normalized spacial score (nSPS) is 17.4. The minimum Gasteiger partial charge on any atom is -0.304 e. The molecule has 17 heavy (non-hydrogen) atoms. The maximum atomic E-state index is 10.5. The molecule has 0 atom stereocenters. The van der Waals surface area contributed by atoms with Gasteiger partial charge in [-0.2, -0.15) is 8.42 Å². The molecule has 1 aromatic heterocycles. The van der Waals surface area contributed by atoms with Crippen LogP contribution >= 0.6 is 11.0 Å². The highest BCUT2D eigenvalue weighted by Gasteiger charge is 2.26. The van der Waals surface area contributed by atoms with Crippen LogP contribution in [-0.4, -0.2) is 26.4 Å². The Labute approximate surface area is 102 Å². The van der Waals surface area contributed by atoms with Gasteiger partial charge in [0.15, 0.2) is 5.03 Å². The molecule has 0 spiro atoms. The molecule has 0 fully saturated rings. The summed E-state index contributed by atoms with van der Waals surface area (Å²) in [5.41, 5.74) is 0. The highest BCUT2D eigenvalue weighted by Crippen LogP contribution is 2.23. The minimum atomic E-state index is -4.42. The Morgan fingerprint density at radius 3 is 2.00 bits per heavy atom. The molecule has 0 radical (unpaired) electrons. The molecule has 1 aromatic rings. The topological polar surface area (TPSA) is 113 Å². The van der Waals surface area contributed by atoms with Gasteiger partial charge in [-0.1, -0.05) is 6.07 Å². The van der Waals surface area contributed by atoms with Gasteiger partial charge < -0.3 is 4.72 Å². The van der Waals surface area contributed by atoms with Crippen LogP contribution in [0.3, 0.4) is 0 Å². The molecule has 7 nitrogen and oxygen atoms in total. The zero-order chi connectivity index (χ0) is 12.9. The Bertz CT molecular complexity index is 567. The highest BCUT2D eigenvalue weighted by molar-refractivity contribution is 8.72. The van der Waals surface area contributed by atoms with E-state index in [1.54, 1.807) is 12.4 Å². The third-order valence-electron chi connectivity index (χ3n) is 1.35. The maximum absolute atomic E-state index is 10.5. The van der Waals surface area contributed by atoms with E-state index in [1.807, 2.05) is 22.9 Å². The molecular weight excluding hydrogens is 288 g/mol. The molecule has 2 N–H and O–H groups in total. The average Bonchev–Trinajstić information content (AvgIpc) is 2.62. The lowest BCUT2D eigenvalue weighted by Crippen LogP contribution is -2.09. The summed E-state index contributed by atoms with van der Waals surface area (Å²) >= 11 is 0. The van der Waals surface area contributed by atoms with Crippen molar-refractivity contribution in [1.82, 2.24) is 9.71 Å². The van der Waals surface area contributed by atoms with Gasteiger partial charge in [0.1, 0.15) is 0 Å². The minimum absolute atomic E-state index is 0.225. The lowest BCUT2D eigenvalue weighted by molar-refractivity contribution is 0.489. The summed E-state index contributed by atoms with van der Waals surface area (Å²) in [6, 6.07) is 5.72. The summed E-state index contributed by atoms with van der Waals surface area (Å²) in [7, 11) is -7.77. The fourth-order valence-electron chi connectivity index (χ4n) is 0.704. The second kappa shape index (κ2) is 5.49. The Hall–Kier alpha value is -1.10. The predicted molar refractivity (Wildman–Crippen MR) is 63.5 cm³/mol. The monoisotopic (exact) mass is 296 g/mol. The van der Waals surface area contributed by atoms with E-state index in [1.165, 1.54) is 0 Å². The number of nitrogens with one attached hydrogen (secondary N) is 1. The van der Waals surface area contributed by atoms with Crippen LogP contribution in [0, 0.1) is 0 Å². The van der Waals surface area contributed by atoms with Gasteiger partial charge in [-0.15, -0.1) is 0 Å². The van der Waals surface area contributed by atoms with E-state index in [-0.39, 0.29) is 11.0 Å². The van der Waals surface area contributed by atoms with E-state index in [9.17, 15) is 16.8 Å². The van der Waals surface area contributed by atoms with Crippen molar-refractivity contribution in [2.24, 2.45) is 0 Å². The molecule has 1 aliphatic rings. The number of rotatable bonds is 1. The fourth-order valence-corrected chi connectivity index (χ4v) is 4.21. The SMILES string of the molecule is O=S1(=O)C=C(S(=O)(=O)O)NS1.c1ccncc1. The fraction of sp³-hybridized carbons (Fsp3) is 0. The first-order valence-electron chi connectivity index (χ1n) is 4.05. The number of aromatic nitrogens is 1. The molecule has 0 bridgehead atoms. The molecule has 0 saturated carbocycles. The van der Waals surface area contributed by atoms with Crippen LogP contribution in [0.25, 0.3) is 0 Å². The Morgan fingerprint density at radius 2 is 1.82 bits per heavy atom.